The Morgan fingerprint density at radius 2 is 1.50 bits per heavy atom. The van der Waals surface area contributed by atoms with E-state index in [0.717, 1.165) is 26.1 Å². The molecule has 5 heteroatoms. The molecule has 0 spiro atoms. The van der Waals surface area contributed by atoms with E-state index in [0.29, 0.717) is 13.2 Å². The van der Waals surface area contributed by atoms with Crippen LogP contribution in [0.3, 0.4) is 0 Å². The van der Waals surface area contributed by atoms with E-state index in [2.05, 4.69) is 18.7 Å². The molecule has 18 heavy (non-hydrogen) atoms. The molecule has 0 N–H and O–H groups in total. The van der Waals surface area contributed by atoms with E-state index in [-0.39, 0.29) is 24.8 Å². The van der Waals surface area contributed by atoms with Gasteiger partial charge in [0.2, 0.25) is 0 Å². The standard InChI is InChI=1S/C13H25NO4/c1-4-14(5-2)10-7-11-18-13(16)9-8-12(15)17-6-3/h4-11H2,1-3H3. The maximum Gasteiger partial charge on any atom is 0.306 e. The lowest BCUT2D eigenvalue weighted by Gasteiger charge is -2.17. The average molecular weight is 259 g/mol. The first kappa shape index (κ1) is 16.9. The molecule has 0 aromatic rings. The fourth-order valence-corrected chi connectivity index (χ4v) is 1.52. The van der Waals surface area contributed by atoms with Gasteiger partial charge in [-0.15, -0.1) is 0 Å². The molecule has 0 aliphatic rings. The number of nitrogens with zero attached hydrogens (tertiary/aromatic N) is 1. The summed E-state index contributed by atoms with van der Waals surface area (Å²) in [6, 6.07) is 0. The van der Waals surface area contributed by atoms with Crippen LogP contribution >= 0.6 is 0 Å². The molecule has 0 unspecified atom stereocenters. The van der Waals surface area contributed by atoms with Gasteiger partial charge in [-0.3, -0.25) is 9.59 Å². The summed E-state index contributed by atoms with van der Waals surface area (Å²) in [5.74, 6) is -0.680. The average Bonchev–Trinajstić information content (AvgIpc) is 2.37. The van der Waals surface area contributed by atoms with Gasteiger partial charge in [-0.25, -0.2) is 0 Å². The van der Waals surface area contributed by atoms with Crippen LogP contribution in [0.2, 0.25) is 0 Å². The molecule has 0 fully saturated rings. The van der Waals surface area contributed by atoms with E-state index in [1.54, 1.807) is 6.92 Å². The van der Waals surface area contributed by atoms with Crippen molar-refractivity contribution in [2.75, 3.05) is 32.8 Å². The second kappa shape index (κ2) is 11.0. The van der Waals surface area contributed by atoms with E-state index in [1.165, 1.54) is 0 Å². The number of hydrogen-bond acceptors (Lipinski definition) is 5. The van der Waals surface area contributed by atoms with Gasteiger partial charge in [-0.2, -0.15) is 0 Å². The van der Waals surface area contributed by atoms with Gasteiger partial charge in [-0.05, 0) is 26.4 Å². The molecule has 0 heterocycles. The molecule has 0 saturated carbocycles. The van der Waals surface area contributed by atoms with Gasteiger partial charge >= 0.3 is 11.9 Å². The van der Waals surface area contributed by atoms with Crippen LogP contribution < -0.4 is 0 Å². The molecule has 0 amide bonds. The predicted molar refractivity (Wildman–Crippen MR) is 69.2 cm³/mol. The molecule has 0 saturated heterocycles. The van der Waals surface area contributed by atoms with E-state index in [9.17, 15) is 9.59 Å². The van der Waals surface area contributed by atoms with Crippen molar-refractivity contribution in [1.29, 1.82) is 0 Å². The highest BCUT2D eigenvalue weighted by Gasteiger charge is 2.08. The lowest BCUT2D eigenvalue weighted by Crippen LogP contribution is -2.25. The lowest BCUT2D eigenvalue weighted by molar-refractivity contribution is -0.150. The van der Waals surface area contributed by atoms with Gasteiger partial charge in [0.25, 0.3) is 0 Å². The van der Waals surface area contributed by atoms with Crippen molar-refractivity contribution in [2.24, 2.45) is 0 Å². The zero-order chi connectivity index (χ0) is 13.8. The largest absolute Gasteiger partial charge is 0.466 e. The smallest absolute Gasteiger partial charge is 0.306 e. The number of rotatable bonds is 10. The normalized spacial score (nSPS) is 10.4. The van der Waals surface area contributed by atoms with Crippen molar-refractivity contribution in [1.82, 2.24) is 4.90 Å². The second-order valence-electron chi connectivity index (χ2n) is 3.91. The van der Waals surface area contributed by atoms with Crippen LogP contribution in [-0.4, -0.2) is 49.7 Å². The van der Waals surface area contributed by atoms with Crippen molar-refractivity contribution in [2.45, 2.75) is 40.0 Å². The molecular weight excluding hydrogens is 234 g/mol. The first-order valence-corrected chi connectivity index (χ1v) is 6.67. The summed E-state index contributed by atoms with van der Waals surface area (Å²) in [6.07, 6.45) is 1.03. The van der Waals surface area contributed by atoms with Gasteiger partial charge in [0, 0.05) is 6.54 Å². The molecule has 0 aromatic heterocycles. The van der Waals surface area contributed by atoms with Gasteiger partial charge in [0.05, 0.1) is 26.1 Å². The van der Waals surface area contributed by atoms with Crippen molar-refractivity contribution in [3.05, 3.63) is 0 Å². The predicted octanol–water partition coefficient (Wildman–Crippen LogP) is 1.60. The Morgan fingerprint density at radius 1 is 0.944 bits per heavy atom. The summed E-state index contributed by atoms with van der Waals surface area (Å²) >= 11 is 0. The SMILES string of the molecule is CCOC(=O)CCC(=O)OCCCN(CC)CC. The summed E-state index contributed by atoms with van der Waals surface area (Å²) in [4.78, 5) is 24.6. The molecule has 0 aromatic carbocycles. The zero-order valence-electron chi connectivity index (χ0n) is 11.7. The monoisotopic (exact) mass is 259 g/mol. The topological polar surface area (TPSA) is 55.8 Å². The molecule has 0 bridgehead atoms. The highest BCUT2D eigenvalue weighted by Crippen LogP contribution is 1.98. The maximum atomic E-state index is 11.3. The summed E-state index contributed by atoms with van der Waals surface area (Å²) in [6.45, 7) is 9.65. The van der Waals surface area contributed by atoms with Gasteiger partial charge in [-0.1, -0.05) is 13.8 Å². The van der Waals surface area contributed by atoms with E-state index in [4.69, 9.17) is 9.47 Å². The van der Waals surface area contributed by atoms with Crippen molar-refractivity contribution in [3.8, 4) is 0 Å². The molecule has 106 valence electrons. The first-order valence-electron chi connectivity index (χ1n) is 6.67. The Bertz CT molecular complexity index is 239. The third-order valence-corrected chi connectivity index (χ3v) is 2.61. The van der Waals surface area contributed by atoms with Crippen molar-refractivity contribution < 1.29 is 19.1 Å². The summed E-state index contributed by atoms with van der Waals surface area (Å²) in [7, 11) is 0. The molecule has 0 aliphatic carbocycles. The lowest BCUT2D eigenvalue weighted by atomic mass is 10.3. The third-order valence-electron chi connectivity index (χ3n) is 2.61. The number of carbonyl (C=O) groups excluding carboxylic acids is 2. The fraction of sp³-hybridized carbons (Fsp3) is 0.846. The molecule has 5 nitrogen and oxygen atoms in total. The summed E-state index contributed by atoms with van der Waals surface area (Å²) in [5, 5.41) is 0. The maximum absolute atomic E-state index is 11.3. The minimum absolute atomic E-state index is 0.0999. The van der Waals surface area contributed by atoms with Crippen LogP contribution in [0.15, 0.2) is 0 Å². The first-order chi connectivity index (χ1) is 8.63. The molecule has 0 radical (unpaired) electrons. The second-order valence-corrected chi connectivity index (χ2v) is 3.91. The Morgan fingerprint density at radius 3 is 2.00 bits per heavy atom. The van der Waals surface area contributed by atoms with Crippen LogP contribution in [0.4, 0.5) is 0 Å². The minimum Gasteiger partial charge on any atom is -0.466 e. The van der Waals surface area contributed by atoms with Crippen LogP contribution in [0.25, 0.3) is 0 Å². The minimum atomic E-state index is -0.349. The Kier molecular flexibility index (Phi) is 10.3. The quantitative estimate of drug-likeness (QED) is 0.440. The number of esters is 2. The van der Waals surface area contributed by atoms with Crippen LogP contribution in [0, 0.1) is 0 Å². The number of carbonyl (C=O) groups is 2. The molecule has 0 aliphatic heterocycles. The van der Waals surface area contributed by atoms with Gasteiger partial charge < -0.3 is 14.4 Å². The molecule has 0 atom stereocenters. The van der Waals surface area contributed by atoms with E-state index < -0.39 is 0 Å². The highest BCUT2D eigenvalue weighted by molar-refractivity contribution is 5.77. The summed E-state index contributed by atoms with van der Waals surface area (Å²) in [5.41, 5.74) is 0. The fourth-order valence-electron chi connectivity index (χ4n) is 1.52. The summed E-state index contributed by atoms with van der Waals surface area (Å²) < 4.78 is 9.76. The molecular formula is C13H25NO4. The van der Waals surface area contributed by atoms with Crippen molar-refractivity contribution in [3.63, 3.8) is 0 Å². The Balaban J connectivity index is 3.50. The van der Waals surface area contributed by atoms with E-state index in [1.807, 2.05) is 0 Å². The highest BCUT2D eigenvalue weighted by atomic mass is 16.5. The van der Waals surface area contributed by atoms with Gasteiger partial charge in [0.15, 0.2) is 0 Å². The zero-order valence-corrected chi connectivity index (χ0v) is 11.7. The van der Waals surface area contributed by atoms with Crippen LogP contribution in [-0.2, 0) is 19.1 Å². The van der Waals surface area contributed by atoms with Crippen LogP contribution in [0.5, 0.6) is 0 Å². The van der Waals surface area contributed by atoms with E-state index >= 15 is 0 Å². The third kappa shape index (κ3) is 8.98. The Hall–Kier alpha value is -1.10. The molecule has 0 rings (SSSR count). The number of ether oxygens (including phenoxy) is 2. The van der Waals surface area contributed by atoms with Gasteiger partial charge in [0.1, 0.15) is 0 Å². The Labute approximate surface area is 109 Å². The number of hydrogen-bond donors (Lipinski definition) is 0. The van der Waals surface area contributed by atoms with Crippen LogP contribution in [0.1, 0.15) is 40.0 Å². The van der Waals surface area contributed by atoms with Crippen molar-refractivity contribution >= 4 is 11.9 Å².